The maximum atomic E-state index is 12.6. The zero-order valence-electron chi connectivity index (χ0n) is 18.3. The summed E-state index contributed by atoms with van der Waals surface area (Å²) < 4.78 is 43.5. The normalized spacial score (nSPS) is 27.1. The quantitative estimate of drug-likeness (QED) is 0.684. The van der Waals surface area contributed by atoms with Gasteiger partial charge in [-0.2, -0.15) is 13.2 Å². The third-order valence-electron chi connectivity index (χ3n) is 6.65. The van der Waals surface area contributed by atoms with Crippen molar-refractivity contribution in [1.29, 1.82) is 0 Å². The Morgan fingerprint density at radius 1 is 0.969 bits per heavy atom. The van der Waals surface area contributed by atoms with Gasteiger partial charge in [0.2, 0.25) is 0 Å². The highest BCUT2D eigenvalue weighted by Gasteiger charge is 2.46. The number of carbonyl (C=O) groups excluding carboxylic acids is 1. The first-order valence-corrected chi connectivity index (χ1v) is 11.4. The Labute approximate surface area is 185 Å². The van der Waals surface area contributed by atoms with Crippen LogP contribution in [0.25, 0.3) is 0 Å². The average Bonchev–Trinajstić information content (AvgIpc) is 3.20. The van der Waals surface area contributed by atoms with Crippen molar-refractivity contribution in [3.63, 3.8) is 0 Å². The van der Waals surface area contributed by atoms with Gasteiger partial charge < -0.3 is 19.5 Å². The number of carboxylic acids is 1. The van der Waals surface area contributed by atoms with Crippen LogP contribution < -0.4 is 0 Å². The van der Waals surface area contributed by atoms with E-state index in [0.29, 0.717) is 13.2 Å². The smallest absolute Gasteiger partial charge is 0.475 e. The number of hydrogen-bond donors (Lipinski definition) is 1. The van der Waals surface area contributed by atoms with E-state index in [1.54, 1.807) is 5.06 Å². The number of hydroxylamine groups is 2. The highest BCUT2D eigenvalue weighted by atomic mass is 19.4. The molecule has 4 aliphatic rings. The molecule has 0 bridgehead atoms. The summed E-state index contributed by atoms with van der Waals surface area (Å²) in [6.45, 7) is 6.61. The minimum atomic E-state index is -5.08. The molecule has 4 saturated heterocycles. The molecule has 11 heteroatoms. The van der Waals surface area contributed by atoms with Crippen LogP contribution >= 0.6 is 0 Å². The fourth-order valence-electron chi connectivity index (χ4n) is 4.72. The van der Waals surface area contributed by atoms with Crippen LogP contribution in [0.15, 0.2) is 0 Å². The fourth-order valence-corrected chi connectivity index (χ4v) is 4.72. The summed E-state index contributed by atoms with van der Waals surface area (Å²) in [5.74, 6) is -1.92. The summed E-state index contributed by atoms with van der Waals surface area (Å²) in [6, 6.07) is 0. The Balaban J connectivity index is 0.000000360. The molecule has 1 amide bonds. The average molecular weight is 466 g/mol. The summed E-state index contributed by atoms with van der Waals surface area (Å²) >= 11 is 0. The number of hydrogen-bond acceptors (Lipinski definition) is 6. The Hall–Kier alpha value is -1.43. The first-order valence-electron chi connectivity index (χ1n) is 11.4. The van der Waals surface area contributed by atoms with Crippen LogP contribution in [0.3, 0.4) is 0 Å². The van der Waals surface area contributed by atoms with Gasteiger partial charge in [-0.15, -0.1) is 0 Å². The molecule has 1 spiro atoms. The predicted octanol–water partition coefficient (Wildman–Crippen LogP) is 2.61. The summed E-state index contributed by atoms with van der Waals surface area (Å²) in [6.07, 6.45) is 3.07. The van der Waals surface area contributed by atoms with Crippen molar-refractivity contribution in [2.75, 3.05) is 46.0 Å². The van der Waals surface area contributed by atoms with Gasteiger partial charge in [-0.3, -0.25) is 9.63 Å². The van der Waals surface area contributed by atoms with Gasteiger partial charge in [0.25, 0.3) is 5.91 Å². The summed E-state index contributed by atoms with van der Waals surface area (Å²) in [5.41, 5.74) is -0.0672. The van der Waals surface area contributed by atoms with Crippen molar-refractivity contribution in [3.8, 4) is 0 Å². The van der Waals surface area contributed by atoms with Gasteiger partial charge >= 0.3 is 12.1 Å². The molecule has 8 nitrogen and oxygen atoms in total. The van der Waals surface area contributed by atoms with Gasteiger partial charge in [0, 0.05) is 39.4 Å². The van der Waals surface area contributed by atoms with E-state index in [4.69, 9.17) is 24.2 Å². The number of nitrogens with zero attached hydrogens (tertiary/aromatic N) is 2. The molecule has 0 aromatic carbocycles. The second-order valence-corrected chi connectivity index (χ2v) is 8.97. The molecule has 0 saturated carbocycles. The molecule has 1 unspecified atom stereocenters. The Bertz CT molecular complexity index is 628. The van der Waals surface area contributed by atoms with Crippen molar-refractivity contribution < 1.29 is 42.2 Å². The highest BCUT2D eigenvalue weighted by Crippen LogP contribution is 2.40. The monoisotopic (exact) mass is 466 g/mol. The molecule has 0 aliphatic carbocycles. The first kappa shape index (κ1) is 25.2. The van der Waals surface area contributed by atoms with Crippen molar-refractivity contribution >= 4 is 11.9 Å². The van der Waals surface area contributed by atoms with E-state index < -0.39 is 12.1 Å². The van der Waals surface area contributed by atoms with E-state index in [1.807, 2.05) is 0 Å². The molecule has 0 aromatic rings. The molecule has 1 N–H and O–H groups in total. The number of aliphatic carboxylic acids is 1. The maximum Gasteiger partial charge on any atom is 0.490 e. The van der Waals surface area contributed by atoms with E-state index in [0.717, 1.165) is 70.7 Å². The molecule has 184 valence electrons. The van der Waals surface area contributed by atoms with Crippen molar-refractivity contribution in [3.05, 3.63) is 0 Å². The summed E-state index contributed by atoms with van der Waals surface area (Å²) in [5, 5.41) is 8.67. The van der Waals surface area contributed by atoms with Crippen molar-refractivity contribution in [1.82, 2.24) is 9.96 Å². The van der Waals surface area contributed by atoms with Gasteiger partial charge in [-0.1, -0.05) is 0 Å². The number of piperidine rings is 1. The number of alkyl halides is 3. The van der Waals surface area contributed by atoms with E-state index in [9.17, 15) is 18.0 Å². The lowest BCUT2D eigenvalue weighted by molar-refractivity contribution is -0.210. The van der Waals surface area contributed by atoms with E-state index in [-0.39, 0.29) is 17.6 Å². The lowest BCUT2D eigenvalue weighted by Gasteiger charge is -2.40. The molecule has 0 radical (unpaired) electrons. The number of ether oxygens (including phenoxy) is 2. The van der Waals surface area contributed by atoms with E-state index in [1.165, 1.54) is 19.4 Å². The van der Waals surface area contributed by atoms with Gasteiger partial charge in [0.05, 0.1) is 12.2 Å². The second kappa shape index (κ2) is 11.1. The standard InChI is InChI=1S/C19H32N2O4.C2HF3O2/c22-18(21-9-1-2-12-24-21)17-3-6-19(25-17)7-10-20(11-8-19)15-16-4-13-23-14-5-16;3-2(4,5)1(6)7/h16-17H,1-15H2;(H,6,7). The predicted molar refractivity (Wildman–Crippen MR) is 107 cm³/mol. The molecule has 4 fully saturated rings. The van der Waals surface area contributed by atoms with Gasteiger partial charge in [0.15, 0.2) is 0 Å². The third-order valence-corrected chi connectivity index (χ3v) is 6.65. The number of carboxylic acid groups (broad SMARTS) is 1. The molecular weight excluding hydrogens is 433 g/mol. The van der Waals surface area contributed by atoms with Crippen LogP contribution in [0.4, 0.5) is 13.2 Å². The summed E-state index contributed by atoms with van der Waals surface area (Å²) in [7, 11) is 0. The minimum Gasteiger partial charge on any atom is -0.475 e. The molecule has 0 aromatic heterocycles. The number of rotatable bonds is 3. The third kappa shape index (κ3) is 7.03. The van der Waals surface area contributed by atoms with Crippen LogP contribution in [0.5, 0.6) is 0 Å². The first-order chi connectivity index (χ1) is 15.2. The lowest BCUT2D eigenvalue weighted by Crippen LogP contribution is -2.48. The topological polar surface area (TPSA) is 88.5 Å². The zero-order valence-corrected chi connectivity index (χ0v) is 18.3. The molecule has 1 atom stereocenters. The Morgan fingerprint density at radius 2 is 1.62 bits per heavy atom. The lowest BCUT2D eigenvalue weighted by atomic mass is 9.87. The van der Waals surface area contributed by atoms with Crippen LogP contribution in [0.1, 0.15) is 51.4 Å². The van der Waals surface area contributed by atoms with Crippen molar-refractivity contribution in [2.45, 2.75) is 69.2 Å². The molecule has 4 aliphatic heterocycles. The number of amides is 1. The van der Waals surface area contributed by atoms with Gasteiger partial charge in [-0.25, -0.2) is 9.86 Å². The fraction of sp³-hybridized carbons (Fsp3) is 0.905. The van der Waals surface area contributed by atoms with Crippen LogP contribution in [0, 0.1) is 5.92 Å². The SMILES string of the molecule is O=C(C1CCC2(CCN(CC3CCOCC3)CC2)O1)N1CCCCO1.O=C(O)C(F)(F)F. The Morgan fingerprint density at radius 3 is 2.19 bits per heavy atom. The molecule has 4 heterocycles. The molecule has 32 heavy (non-hydrogen) atoms. The number of halogens is 3. The van der Waals surface area contributed by atoms with E-state index in [2.05, 4.69) is 4.90 Å². The largest absolute Gasteiger partial charge is 0.490 e. The van der Waals surface area contributed by atoms with E-state index >= 15 is 0 Å². The second-order valence-electron chi connectivity index (χ2n) is 8.97. The highest BCUT2D eigenvalue weighted by molar-refractivity contribution is 5.80. The number of likely N-dealkylation sites (tertiary alicyclic amines) is 1. The van der Waals surface area contributed by atoms with Crippen LogP contribution in [-0.4, -0.2) is 90.8 Å². The van der Waals surface area contributed by atoms with Crippen molar-refractivity contribution in [2.24, 2.45) is 5.92 Å². The Kier molecular flexibility index (Phi) is 8.76. The zero-order chi connectivity index (χ0) is 23.2. The van der Waals surface area contributed by atoms with Crippen LogP contribution in [0.2, 0.25) is 0 Å². The van der Waals surface area contributed by atoms with Crippen LogP contribution in [-0.2, 0) is 23.9 Å². The molecular formula is C21H33F3N2O6. The summed E-state index contributed by atoms with van der Waals surface area (Å²) in [4.78, 5) is 29.6. The van der Waals surface area contributed by atoms with Gasteiger partial charge in [0.1, 0.15) is 6.10 Å². The maximum absolute atomic E-state index is 12.6. The number of carbonyl (C=O) groups is 2. The minimum absolute atomic E-state index is 0.0428. The molecule has 4 rings (SSSR count). The van der Waals surface area contributed by atoms with Gasteiger partial charge in [-0.05, 0) is 57.3 Å².